The number of hydrogen-bond donors (Lipinski definition) is 3. The van der Waals surface area contributed by atoms with Crippen molar-refractivity contribution in [2.24, 2.45) is 0 Å². The minimum Gasteiger partial charge on any atom is -0.478 e. The quantitative estimate of drug-likeness (QED) is 0.178. The lowest BCUT2D eigenvalue weighted by Crippen LogP contribution is -2.15. The van der Waals surface area contributed by atoms with Gasteiger partial charge in [0.15, 0.2) is 0 Å². The molecule has 8 nitrogen and oxygen atoms in total. The second-order valence-corrected chi connectivity index (χ2v) is 10.3. The number of aromatic amines is 1. The monoisotopic (exact) mass is 558 g/mol. The molecule has 3 N–H and O–H groups in total. The first kappa shape index (κ1) is 26.3. The second kappa shape index (κ2) is 10.7. The third-order valence-electron chi connectivity index (χ3n) is 5.37. The molecule has 190 valence electrons. The van der Waals surface area contributed by atoms with Gasteiger partial charge in [-0.15, -0.1) is 0 Å². The number of nitrogens with one attached hydrogen (secondary N) is 2. The number of sulfonamides is 1. The second-order valence-electron chi connectivity index (χ2n) is 7.77. The molecule has 0 unspecified atom stereocenters. The number of rotatable bonds is 8. The van der Waals surface area contributed by atoms with Crippen molar-refractivity contribution in [3.8, 4) is 0 Å². The van der Waals surface area contributed by atoms with Crippen LogP contribution in [-0.2, 0) is 19.6 Å². The van der Waals surface area contributed by atoms with Crippen LogP contribution >= 0.6 is 23.2 Å². The molecule has 0 radical (unpaired) electrons. The third-order valence-corrected chi connectivity index (χ3v) is 7.26. The van der Waals surface area contributed by atoms with E-state index < -0.39 is 22.0 Å². The maximum Gasteiger partial charge on any atom is 0.355 e. The minimum absolute atomic E-state index is 0.00976. The fourth-order valence-electron chi connectivity index (χ4n) is 3.79. The molecule has 0 bridgehead atoms. The van der Waals surface area contributed by atoms with E-state index in [1.54, 1.807) is 43.3 Å². The van der Waals surface area contributed by atoms with Gasteiger partial charge in [0.2, 0.25) is 0 Å². The molecular weight excluding hydrogens is 539 g/mol. The molecule has 1 aromatic heterocycles. The van der Waals surface area contributed by atoms with Crippen LogP contribution in [0.1, 0.15) is 28.5 Å². The van der Waals surface area contributed by atoms with Crippen LogP contribution in [0, 0.1) is 0 Å². The largest absolute Gasteiger partial charge is 0.478 e. The first-order valence-corrected chi connectivity index (χ1v) is 13.2. The third kappa shape index (κ3) is 5.48. The molecule has 11 heteroatoms. The van der Waals surface area contributed by atoms with Crippen LogP contribution in [0.4, 0.5) is 5.69 Å². The Labute approximate surface area is 222 Å². The Bertz CT molecular complexity index is 1650. The van der Waals surface area contributed by atoms with Gasteiger partial charge in [0.25, 0.3) is 10.0 Å². The lowest BCUT2D eigenvalue weighted by Gasteiger charge is -2.13. The highest BCUT2D eigenvalue weighted by molar-refractivity contribution is 7.92. The number of benzene rings is 3. The number of esters is 1. The van der Waals surface area contributed by atoms with E-state index in [1.807, 2.05) is 0 Å². The van der Waals surface area contributed by atoms with Crippen LogP contribution in [0.25, 0.3) is 22.6 Å². The topological polar surface area (TPSA) is 126 Å². The van der Waals surface area contributed by atoms with E-state index in [9.17, 15) is 23.1 Å². The highest BCUT2D eigenvalue weighted by Crippen LogP contribution is 2.36. The van der Waals surface area contributed by atoms with Crippen molar-refractivity contribution in [2.75, 3.05) is 11.3 Å². The Morgan fingerprint density at radius 1 is 1.05 bits per heavy atom. The molecular formula is C26H20Cl2N2O6S. The lowest BCUT2D eigenvalue weighted by atomic mass is 9.99. The number of carbonyl (C=O) groups excluding carboxylic acids is 1. The van der Waals surface area contributed by atoms with Gasteiger partial charge in [-0.1, -0.05) is 59.6 Å². The van der Waals surface area contributed by atoms with Crippen LogP contribution < -0.4 is 4.72 Å². The van der Waals surface area contributed by atoms with Crippen molar-refractivity contribution in [1.29, 1.82) is 0 Å². The molecule has 37 heavy (non-hydrogen) atoms. The summed E-state index contributed by atoms with van der Waals surface area (Å²) >= 11 is 12.5. The number of carbonyl (C=O) groups is 2. The molecule has 0 fully saturated rings. The van der Waals surface area contributed by atoms with E-state index in [1.165, 1.54) is 36.4 Å². The molecule has 0 saturated carbocycles. The molecule has 4 rings (SSSR count). The van der Waals surface area contributed by atoms with E-state index in [0.717, 1.165) is 0 Å². The Morgan fingerprint density at radius 3 is 2.41 bits per heavy atom. The summed E-state index contributed by atoms with van der Waals surface area (Å²) in [5.74, 6) is -2.08. The minimum atomic E-state index is -4.02. The zero-order valence-corrected chi connectivity index (χ0v) is 21.6. The summed E-state index contributed by atoms with van der Waals surface area (Å²) < 4.78 is 33.5. The van der Waals surface area contributed by atoms with Gasteiger partial charge >= 0.3 is 11.9 Å². The number of aromatic nitrogens is 1. The molecule has 0 saturated heterocycles. The molecule has 0 atom stereocenters. The first-order chi connectivity index (χ1) is 17.6. The molecule has 3 aromatic carbocycles. The predicted octanol–water partition coefficient (Wildman–Crippen LogP) is 6.08. The summed E-state index contributed by atoms with van der Waals surface area (Å²) in [6.45, 7) is 1.72. The number of carboxylic acids is 1. The van der Waals surface area contributed by atoms with Gasteiger partial charge in [-0.2, -0.15) is 0 Å². The molecule has 4 aromatic rings. The molecule has 0 aliphatic carbocycles. The van der Waals surface area contributed by atoms with Crippen LogP contribution in [0.3, 0.4) is 0 Å². The van der Waals surface area contributed by atoms with Crippen LogP contribution in [0.2, 0.25) is 10.0 Å². The van der Waals surface area contributed by atoms with Gasteiger partial charge in [-0.05, 0) is 43.3 Å². The van der Waals surface area contributed by atoms with E-state index in [4.69, 9.17) is 27.9 Å². The molecule has 0 amide bonds. The van der Waals surface area contributed by atoms with E-state index in [2.05, 4.69) is 9.71 Å². The highest BCUT2D eigenvalue weighted by Gasteiger charge is 2.24. The van der Waals surface area contributed by atoms with Gasteiger partial charge in [-0.3, -0.25) is 4.72 Å². The van der Waals surface area contributed by atoms with Crippen molar-refractivity contribution in [3.05, 3.63) is 93.6 Å². The van der Waals surface area contributed by atoms with Crippen molar-refractivity contribution in [1.82, 2.24) is 4.98 Å². The standard InChI is InChI=1S/C26H20Cl2N2O6S/c1-2-36-26(33)24-19(23-20(28)12-15(27)13-22(23)29-24)14-18(25(31)32)17-10-6-7-11-21(17)30-37(34,35)16-8-4-3-5-9-16/h3-14,29-30H,2H2,1H3,(H,31,32). The van der Waals surface area contributed by atoms with Crippen molar-refractivity contribution in [2.45, 2.75) is 11.8 Å². The number of para-hydroxylation sites is 1. The number of anilines is 1. The van der Waals surface area contributed by atoms with Crippen molar-refractivity contribution >= 4 is 73.4 Å². The Balaban J connectivity index is 1.92. The molecule has 0 aliphatic rings. The fraction of sp³-hybridized carbons (Fsp3) is 0.0769. The maximum atomic E-state index is 13.0. The average molecular weight is 559 g/mol. The molecule has 0 spiro atoms. The van der Waals surface area contributed by atoms with E-state index >= 15 is 0 Å². The molecule has 0 aliphatic heterocycles. The van der Waals surface area contributed by atoms with E-state index in [0.29, 0.717) is 15.9 Å². The predicted molar refractivity (Wildman–Crippen MR) is 143 cm³/mol. The number of H-pyrrole nitrogens is 1. The number of hydrogen-bond acceptors (Lipinski definition) is 5. The normalized spacial score (nSPS) is 11.9. The number of fused-ring (bicyclic) bond motifs is 1. The van der Waals surface area contributed by atoms with Gasteiger partial charge in [0.1, 0.15) is 5.69 Å². The number of aliphatic carboxylic acids is 1. The number of carboxylic acid groups (broad SMARTS) is 1. The zero-order valence-electron chi connectivity index (χ0n) is 19.3. The number of ether oxygens (including phenoxy) is 1. The lowest BCUT2D eigenvalue weighted by molar-refractivity contribution is -0.130. The Kier molecular flexibility index (Phi) is 7.58. The SMILES string of the molecule is CCOC(=O)c1[nH]c2cc(Cl)cc(Cl)c2c1C=C(C(=O)O)c1ccccc1NS(=O)(=O)c1ccccc1. The number of halogens is 2. The van der Waals surface area contributed by atoms with Crippen molar-refractivity contribution < 1.29 is 27.9 Å². The maximum absolute atomic E-state index is 13.0. The smallest absolute Gasteiger partial charge is 0.355 e. The van der Waals surface area contributed by atoms with Gasteiger partial charge in [0, 0.05) is 27.1 Å². The highest BCUT2D eigenvalue weighted by atomic mass is 35.5. The van der Waals surface area contributed by atoms with E-state index in [-0.39, 0.29) is 44.6 Å². The summed E-state index contributed by atoms with van der Waals surface area (Å²) in [7, 11) is -4.02. The summed E-state index contributed by atoms with van der Waals surface area (Å²) in [4.78, 5) is 28.1. The summed E-state index contributed by atoms with van der Waals surface area (Å²) in [6.07, 6.45) is 1.25. The van der Waals surface area contributed by atoms with Crippen molar-refractivity contribution in [3.63, 3.8) is 0 Å². The van der Waals surface area contributed by atoms with Gasteiger partial charge in [-0.25, -0.2) is 18.0 Å². The van der Waals surface area contributed by atoms with Gasteiger partial charge < -0.3 is 14.8 Å². The van der Waals surface area contributed by atoms with Gasteiger partial charge in [0.05, 0.1) is 27.8 Å². The summed E-state index contributed by atoms with van der Waals surface area (Å²) in [5, 5.41) is 11.0. The summed E-state index contributed by atoms with van der Waals surface area (Å²) in [6, 6.07) is 16.7. The molecule has 1 heterocycles. The van der Waals surface area contributed by atoms with Crippen LogP contribution in [-0.4, -0.2) is 37.1 Å². The van der Waals surface area contributed by atoms with Crippen LogP contribution in [0.15, 0.2) is 71.6 Å². The Hall–Kier alpha value is -3.79. The zero-order chi connectivity index (χ0) is 26.7. The van der Waals surface area contributed by atoms with Crippen LogP contribution in [0.5, 0.6) is 0 Å². The first-order valence-electron chi connectivity index (χ1n) is 10.9. The summed E-state index contributed by atoms with van der Waals surface area (Å²) in [5.41, 5.74) is 0.351. The average Bonchev–Trinajstić information content (AvgIpc) is 3.22. The Morgan fingerprint density at radius 2 is 1.73 bits per heavy atom. The fourth-order valence-corrected chi connectivity index (χ4v) is 5.49.